The molecule has 0 spiro atoms. The molecule has 1 aliphatic heterocycles. The molecule has 1 unspecified atom stereocenters. The van der Waals surface area contributed by atoms with Crippen LogP contribution < -0.4 is 10.0 Å². The zero-order chi connectivity index (χ0) is 23.3. The van der Waals surface area contributed by atoms with E-state index in [-0.39, 0.29) is 28.7 Å². The standard InChI is InChI=1S/C23H31N3O5S/c1-16(2)14-21(25-32(29,30)20-6-4-17(3)5-7-20)22(27)24-19-8-11-26(12-9-19)23(28)18-10-13-31-15-18/h4-7,10,13,15-16,19,21,25H,8-9,11-12,14H2,1-3H3,(H,24,27). The lowest BCUT2D eigenvalue weighted by molar-refractivity contribution is -0.124. The molecule has 2 aromatic rings. The third-order valence-corrected chi connectivity index (χ3v) is 7.04. The van der Waals surface area contributed by atoms with Crippen LogP contribution in [0.15, 0.2) is 52.2 Å². The number of likely N-dealkylation sites (tertiary alicyclic amines) is 1. The lowest BCUT2D eigenvalue weighted by Crippen LogP contribution is -2.53. The molecule has 1 fully saturated rings. The molecule has 8 nitrogen and oxygen atoms in total. The largest absolute Gasteiger partial charge is 0.472 e. The van der Waals surface area contributed by atoms with Crippen LogP contribution in [0.3, 0.4) is 0 Å². The van der Waals surface area contributed by atoms with Crippen LogP contribution in [-0.2, 0) is 14.8 Å². The molecule has 1 saturated heterocycles. The van der Waals surface area contributed by atoms with Crippen LogP contribution in [0, 0.1) is 12.8 Å². The summed E-state index contributed by atoms with van der Waals surface area (Å²) in [5.41, 5.74) is 1.47. The summed E-state index contributed by atoms with van der Waals surface area (Å²) in [5, 5.41) is 2.98. The van der Waals surface area contributed by atoms with Gasteiger partial charge in [0, 0.05) is 19.1 Å². The number of nitrogens with zero attached hydrogens (tertiary/aromatic N) is 1. The van der Waals surface area contributed by atoms with E-state index in [9.17, 15) is 18.0 Å². The number of hydrogen-bond acceptors (Lipinski definition) is 5. The van der Waals surface area contributed by atoms with Gasteiger partial charge < -0.3 is 14.6 Å². The molecule has 32 heavy (non-hydrogen) atoms. The van der Waals surface area contributed by atoms with Gasteiger partial charge in [-0.3, -0.25) is 9.59 Å². The Morgan fingerprint density at radius 3 is 2.34 bits per heavy atom. The molecule has 1 aromatic heterocycles. The van der Waals surface area contributed by atoms with Crippen LogP contribution in [0.4, 0.5) is 0 Å². The molecular weight excluding hydrogens is 430 g/mol. The van der Waals surface area contributed by atoms with Gasteiger partial charge in [-0.15, -0.1) is 0 Å². The highest BCUT2D eigenvalue weighted by atomic mass is 32.2. The molecule has 1 aliphatic rings. The van der Waals surface area contributed by atoms with Crippen LogP contribution >= 0.6 is 0 Å². The highest BCUT2D eigenvalue weighted by molar-refractivity contribution is 7.89. The number of aryl methyl sites for hydroxylation is 1. The minimum atomic E-state index is -3.83. The number of carbonyl (C=O) groups excluding carboxylic acids is 2. The van der Waals surface area contributed by atoms with Gasteiger partial charge in [0.2, 0.25) is 15.9 Å². The fourth-order valence-electron chi connectivity index (χ4n) is 3.75. The van der Waals surface area contributed by atoms with E-state index in [1.807, 2.05) is 20.8 Å². The average Bonchev–Trinajstić information content (AvgIpc) is 3.28. The highest BCUT2D eigenvalue weighted by Gasteiger charge is 2.30. The predicted molar refractivity (Wildman–Crippen MR) is 121 cm³/mol. The summed E-state index contributed by atoms with van der Waals surface area (Å²) in [5.74, 6) is -0.304. The quantitative estimate of drug-likeness (QED) is 0.628. The maximum atomic E-state index is 13.0. The lowest BCUT2D eigenvalue weighted by atomic mass is 10.0. The van der Waals surface area contributed by atoms with E-state index in [0.717, 1.165) is 5.56 Å². The van der Waals surface area contributed by atoms with Crippen molar-refractivity contribution in [3.8, 4) is 0 Å². The van der Waals surface area contributed by atoms with E-state index in [0.29, 0.717) is 37.9 Å². The molecule has 0 aliphatic carbocycles. The second-order valence-corrected chi connectivity index (χ2v) is 10.4. The Morgan fingerprint density at radius 1 is 1.12 bits per heavy atom. The predicted octanol–water partition coefficient (Wildman–Crippen LogP) is 2.70. The molecule has 1 aromatic carbocycles. The second-order valence-electron chi connectivity index (χ2n) is 8.70. The van der Waals surface area contributed by atoms with Crippen molar-refractivity contribution in [2.75, 3.05) is 13.1 Å². The fraction of sp³-hybridized carbons (Fsp3) is 0.478. The van der Waals surface area contributed by atoms with Crippen molar-refractivity contribution in [1.29, 1.82) is 0 Å². The Balaban J connectivity index is 1.60. The molecule has 174 valence electrons. The number of amides is 2. The number of hydrogen-bond donors (Lipinski definition) is 2. The number of furan rings is 1. The van der Waals surface area contributed by atoms with Crippen molar-refractivity contribution in [2.45, 2.75) is 57.0 Å². The summed E-state index contributed by atoms with van der Waals surface area (Å²) in [7, 11) is -3.83. The molecule has 9 heteroatoms. The molecule has 0 saturated carbocycles. The maximum absolute atomic E-state index is 13.0. The Bertz CT molecular complexity index is 1010. The van der Waals surface area contributed by atoms with Crippen molar-refractivity contribution in [1.82, 2.24) is 14.9 Å². The monoisotopic (exact) mass is 461 g/mol. The number of carbonyl (C=O) groups is 2. The smallest absolute Gasteiger partial charge is 0.257 e. The van der Waals surface area contributed by atoms with Gasteiger partial charge in [-0.1, -0.05) is 31.5 Å². The summed E-state index contributed by atoms with van der Waals surface area (Å²) in [6.07, 6.45) is 4.48. The Morgan fingerprint density at radius 2 is 1.78 bits per heavy atom. The molecule has 1 atom stereocenters. The topological polar surface area (TPSA) is 109 Å². The van der Waals surface area contributed by atoms with Gasteiger partial charge in [-0.25, -0.2) is 8.42 Å². The summed E-state index contributed by atoms with van der Waals surface area (Å²) in [6.45, 7) is 6.80. The zero-order valence-electron chi connectivity index (χ0n) is 18.7. The van der Waals surface area contributed by atoms with Gasteiger partial charge in [0.1, 0.15) is 12.3 Å². The van der Waals surface area contributed by atoms with Crippen LogP contribution in [0.25, 0.3) is 0 Å². The average molecular weight is 462 g/mol. The first kappa shape index (κ1) is 24.0. The van der Waals surface area contributed by atoms with Crippen molar-refractivity contribution in [2.24, 2.45) is 5.92 Å². The summed E-state index contributed by atoms with van der Waals surface area (Å²) < 4.78 is 33.2. The van der Waals surface area contributed by atoms with Gasteiger partial charge >= 0.3 is 0 Å². The van der Waals surface area contributed by atoms with E-state index in [1.54, 1.807) is 23.1 Å². The second kappa shape index (κ2) is 10.3. The van der Waals surface area contributed by atoms with Gasteiger partial charge in [0.05, 0.1) is 16.7 Å². The molecule has 2 amide bonds. The number of piperidine rings is 1. The molecule has 2 N–H and O–H groups in total. The first-order valence-electron chi connectivity index (χ1n) is 10.9. The molecule has 2 heterocycles. The van der Waals surface area contributed by atoms with E-state index in [1.165, 1.54) is 24.7 Å². The first-order chi connectivity index (χ1) is 15.2. The highest BCUT2D eigenvalue weighted by Crippen LogP contribution is 2.17. The minimum Gasteiger partial charge on any atom is -0.472 e. The van der Waals surface area contributed by atoms with Crippen molar-refractivity contribution in [3.63, 3.8) is 0 Å². The Labute approximate surface area is 189 Å². The molecule has 0 radical (unpaired) electrons. The molecule has 0 bridgehead atoms. The van der Waals surface area contributed by atoms with Crippen LogP contribution in [0.2, 0.25) is 0 Å². The number of nitrogens with one attached hydrogen (secondary N) is 2. The fourth-order valence-corrected chi connectivity index (χ4v) is 4.96. The molecular formula is C23H31N3O5S. The van der Waals surface area contributed by atoms with Gasteiger partial charge in [-0.2, -0.15) is 4.72 Å². The minimum absolute atomic E-state index is 0.0907. The van der Waals surface area contributed by atoms with E-state index >= 15 is 0 Å². The molecule has 3 rings (SSSR count). The van der Waals surface area contributed by atoms with E-state index < -0.39 is 16.1 Å². The van der Waals surface area contributed by atoms with Crippen molar-refractivity contribution < 1.29 is 22.4 Å². The number of rotatable bonds is 8. The van der Waals surface area contributed by atoms with Crippen LogP contribution in [-0.4, -0.2) is 50.3 Å². The van der Waals surface area contributed by atoms with Gasteiger partial charge in [-0.05, 0) is 50.3 Å². The van der Waals surface area contributed by atoms with Crippen molar-refractivity contribution in [3.05, 3.63) is 54.0 Å². The first-order valence-corrected chi connectivity index (χ1v) is 12.3. The Kier molecular flexibility index (Phi) is 7.73. The number of benzene rings is 1. The maximum Gasteiger partial charge on any atom is 0.257 e. The summed E-state index contributed by atoms with van der Waals surface area (Å²) >= 11 is 0. The summed E-state index contributed by atoms with van der Waals surface area (Å²) in [4.78, 5) is 27.3. The normalized spacial score (nSPS) is 16.2. The third-order valence-electron chi connectivity index (χ3n) is 5.55. The van der Waals surface area contributed by atoms with Gasteiger partial charge in [0.25, 0.3) is 5.91 Å². The van der Waals surface area contributed by atoms with Crippen LogP contribution in [0.1, 0.15) is 49.0 Å². The lowest BCUT2D eigenvalue weighted by Gasteiger charge is -2.33. The zero-order valence-corrected chi connectivity index (χ0v) is 19.5. The third kappa shape index (κ3) is 6.20. The van der Waals surface area contributed by atoms with Gasteiger partial charge in [0.15, 0.2) is 0 Å². The van der Waals surface area contributed by atoms with Crippen molar-refractivity contribution >= 4 is 21.8 Å². The SMILES string of the molecule is Cc1ccc(S(=O)(=O)NC(CC(C)C)C(=O)NC2CCN(C(=O)c3ccoc3)CC2)cc1. The van der Waals surface area contributed by atoms with E-state index in [2.05, 4.69) is 10.0 Å². The van der Waals surface area contributed by atoms with Crippen LogP contribution in [0.5, 0.6) is 0 Å². The summed E-state index contributed by atoms with van der Waals surface area (Å²) in [6, 6.07) is 7.17. The Hall–Kier alpha value is -2.65. The van der Waals surface area contributed by atoms with E-state index in [4.69, 9.17) is 4.42 Å². The number of sulfonamides is 1.